The molecule has 0 spiro atoms. The number of carbonyl (C=O) groups is 1. The second-order valence-electron chi connectivity index (χ2n) is 9.98. The third kappa shape index (κ3) is 4.44. The highest BCUT2D eigenvalue weighted by Gasteiger charge is 2.49. The van der Waals surface area contributed by atoms with Crippen LogP contribution in [-0.4, -0.2) is 57.3 Å². The summed E-state index contributed by atoms with van der Waals surface area (Å²) >= 11 is 6.07. The summed E-state index contributed by atoms with van der Waals surface area (Å²) in [6, 6.07) is 13.4. The maximum atomic E-state index is 14.0. The highest BCUT2D eigenvalue weighted by Crippen LogP contribution is 2.43. The molecule has 2 aliphatic heterocycles. The molecule has 2 aromatic heterocycles. The standard InChI is InChI=1S/C27H29ClFN5O2/c1-17-13-34(14-18(2)27(17,36)19-5-8-21(29)9-6-19)26(35)23-16-33(25-4-3-11-31-32-25)15-22(23)24-10-7-20(28)12-30-24/h3-12,17-18,22-23,36H,13-16H2,1-2H3/t17-,18+,22-,23-,27?/m1/s1. The second kappa shape index (κ2) is 9.75. The number of aromatic nitrogens is 3. The number of pyridine rings is 1. The van der Waals surface area contributed by atoms with Gasteiger partial charge in [-0.05, 0) is 42.0 Å². The first-order valence-corrected chi connectivity index (χ1v) is 12.6. The van der Waals surface area contributed by atoms with Crippen LogP contribution in [0.25, 0.3) is 0 Å². The van der Waals surface area contributed by atoms with Gasteiger partial charge in [0, 0.05) is 62.0 Å². The number of piperidine rings is 1. The maximum Gasteiger partial charge on any atom is 0.228 e. The number of hydrogen-bond acceptors (Lipinski definition) is 6. The fourth-order valence-electron chi connectivity index (χ4n) is 5.81. The Morgan fingerprint density at radius 3 is 2.39 bits per heavy atom. The number of likely N-dealkylation sites (tertiary alicyclic amines) is 1. The smallest absolute Gasteiger partial charge is 0.228 e. The van der Waals surface area contributed by atoms with E-state index in [0.29, 0.717) is 36.8 Å². The molecule has 2 aliphatic rings. The third-order valence-corrected chi connectivity index (χ3v) is 7.98. The predicted octanol–water partition coefficient (Wildman–Crippen LogP) is 3.89. The Bertz CT molecular complexity index is 1200. The first kappa shape index (κ1) is 24.6. The zero-order valence-electron chi connectivity index (χ0n) is 20.3. The van der Waals surface area contributed by atoms with Crippen LogP contribution in [0.3, 0.4) is 0 Å². The molecule has 36 heavy (non-hydrogen) atoms. The molecular formula is C27H29ClFN5O2. The van der Waals surface area contributed by atoms with Crippen molar-refractivity contribution in [2.24, 2.45) is 17.8 Å². The maximum absolute atomic E-state index is 14.0. The summed E-state index contributed by atoms with van der Waals surface area (Å²) in [4.78, 5) is 22.5. The summed E-state index contributed by atoms with van der Waals surface area (Å²) < 4.78 is 13.5. The van der Waals surface area contributed by atoms with Crippen molar-refractivity contribution in [2.45, 2.75) is 25.4 Å². The van der Waals surface area contributed by atoms with Crippen LogP contribution in [0, 0.1) is 23.6 Å². The van der Waals surface area contributed by atoms with Gasteiger partial charge in [0.2, 0.25) is 5.91 Å². The first-order chi connectivity index (χ1) is 17.3. The van der Waals surface area contributed by atoms with Crippen molar-refractivity contribution in [3.05, 3.63) is 83.0 Å². The Kier molecular flexibility index (Phi) is 6.66. The van der Waals surface area contributed by atoms with Gasteiger partial charge in [0.15, 0.2) is 5.82 Å². The van der Waals surface area contributed by atoms with Gasteiger partial charge >= 0.3 is 0 Å². The summed E-state index contributed by atoms with van der Waals surface area (Å²) in [6.07, 6.45) is 3.23. The number of hydrogen-bond donors (Lipinski definition) is 1. The lowest BCUT2D eigenvalue weighted by atomic mass is 9.70. The van der Waals surface area contributed by atoms with Gasteiger partial charge in [-0.15, -0.1) is 5.10 Å². The lowest BCUT2D eigenvalue weighted by Gasteiger charge is -2.48. The Morgan fingerprint density at radius 1 is 1.06 bits per heavy atom. The van der Waals surface area contributed by atoms with Gasteiger partial charge in [0.25, 0.3) is 0 Å². The van der Waals surface area contributed by atoms with E-state index in [-0.39, 0.29) is 35.4 Å². The predicted molar refractivity (Wildman–Crippen MR) is 135 cm³/mol. The van der Waals surface area contributed by atoms with Crippen molar-refractivity contribution in [3.63, 3.8) is 0 Å². The molecule has 5 rings (SSSR count). The number of rotatable bonds is 4. The van der Waals surface area contributed by atoms with E-state index in [0.717, 1.165) is 11.5 Å². The number of aliphatic hydroxyl groups is 1. The average Bonchev–Trinajstić information content (AvgIpc) is 3.33. The van der Waals surface area contributed by atoms with Crippen molar-refractivity contribution in [2.75, 3.05) is 31.1 Å². The number of benzene rings is 1. The molecular weight excluding hydrogens is 481 g/mol. The molecule has 0 radical (unpaired) electrons. The van der Waals surface area contributed by atoms with Gasteiger partial charge in [0.1, 0.15) is 5.82 Å². The molecule has 0 aliphatic carbocycles. The minimum Gasteiger partial charge on any atom is -0.384 e. The zero-order chi connectivity index (χ0) is 25.4. The van der Waals surface area contributed by atoms with Crippen LogP contribution >= 0.6 is 11.6 Å². The molecule has 0 bridgehead atoms. The van der Waals surface area contributed by atoms with E-state index in [2.05, 4.69) is 20.1 Å². The number of carbonyl (C=O) groups excluding carboxylic acids is 1. The van der Waals surface area contributed by atoms with Crippen molar-refractivity contribution < 1.29 is 14.3 Å². The minimum atomic E-state index is -1.15. The topological polar surface area (TPSA) is 82.5 Å². The van der Waals surface area contributed by atoms with Gasteiger partial charge in [-0.3, -0.25) is 9.78 Å². The zero-order valence-corrected chi connectivity index (χ0v) is 21.0. The van der Waals surface area contributed by atoms with Gasteiger partial charge in [-0.2, -0.15) is 5.10 Å². The quantitative estimate of drug-likeness (QED) is 0.574. The molecule has 0 saturated carbocycles. The van der Waals surface area contributed by atoms with Gasteiger partial charge in [-0.1, -0.05) is 37.6 Å². The third-order valence-electron chi connectivity index (χ3n) is 7.76. The average molecular weight is 510 g/mol. The monoisotopic (exact) mass is 509 g/mol. The van der Waals surface area contributed by atoms with E-state index in [1.807, 2.05) is 36.9 Å². The normalized spacial score (nSPS) is 28.4. The Labute approximate surface area is 214 Å². The van der Waals surface area contributed by atoms with E-state index in [9.17, 15) is 14.3 Å². The SMILES string of the molecule is C[C@@H]1CN(C(=O)[C@@H]2CN(c3cccnn3)C[C@H]2c2ccc(Cl)cn2)C[C@H](C)C1(O)c1ccc(F)cc1. The summed E-state index contributed by atoms with van der Waals surface area (Å²) in [7, 11) is 0. The van der Waals surface area contributed by atoms with Crippen LogP contribution in [0.1, 0.15) is 31.0 Å². The van der Waals surface area contributed by atoms with Crippen LogP contribution in [0.5, 0.6) is 0 Å². The molecule has 1 aromatic carbocycles. The van der Waals surface area contributed by atoms with Gasteiger partial charge in [0.05, 0.1) is 16.5 Å². The molecule has 1 unspecified atom stereocenters. The Balaban J connectivity index is 1.40. The fourth-order valence-corrected chi connectivity index (χ4v) is 5.92. The number of anilines is 1. The van der Waals surface area contributed by atoms with Crippen molar-refractivity contribution >= 4 is 23.3 Å². The van der Waals surface area contributed by atoms with Crippen molar-refractivity contribution in [1.29, 1.82) is 0 Å². The van der Waals surface area contributed by atoms with Crippen LogP contribution in [0.4, 0.5) is 10.2 Å². The molecule has 7 nitrogen and oxygen atoms in total. The van der Waals surface area contributed by atoms with E-state index in [4.69, 9.17) is 11.6 Å². The molecule has 3 aromatic rings. The van der Waals surface area contributed by atoms with Gasteiger partial charge < -0.3 is 14.9 Å². The van der Waals surface area contributed by atoms with E-state index < -0.39 is 5.60 Å². The second-order valence-corrected chi connectivity index (χ2v) is 10.4. The van der Waals surface area contributed by atoms with Gasteiger partial charge in [-0.25, -0.2) is 4.39 Å². The van der Waals surface area contributed by atoms with E-state index >= 15 is 0 Å². The highest BCUT2D eigenvalue weighted by atomic mass is 35.5. The van der Waals surface area contributed by atoms with Crippen LogP contribution in [-0.2, 0) is 10.4 Å². The van der Waals surface area contributed by atoms with E-state index in [1.54, 1.807) is 30.6 Å². The molecule has 188 valence electrons. The highest BCUT2D eigenvalue weighted by molar-refractivity contribution is 6.30. The Hall–Kier alpha value is -3.10. The fraction of sp³-hybridized carbons (Fsp3) is 0.407. The molecule has 4 heterocycles. The minimum absolute atomic E-state index is 0.0306. The molecule has 5 atom stereocenters. The summed E-state index contributed by atoms with van der Waals surface area (Å²) in [5.41, 5.74) is 0.335. The first-order valence-electron chi connectivity index (χ1n) is 12.2. The van der Waals surface area contributed by atoms with Crippen molar-refractivity contribution in [1.82, 2.24) is 20.1 Å². The Morgan fingerprint density at radius 2 is 1.78 bits per heavy atom. The molecule has 9 heteroatoms. The molecule has 2 fully saturated rings. The lowest BCUT2D eigenvalue weighted by molar-refractivity contribution is -0.152. The lowest BCUT2D eigenvalue weighted by Crippen LogP contribution is -2.57. The van der Waals surface area contributed by atoms with Crippen LogP contribution in [0.15, 0.2) is 60.9 Å². The molecule has 1 N–H and O–H groups in total. The van der Waals surface area contributed by atoms with Crippen LogP contribution in [0.2, 0.25) is 5.02 Å². The van der Waals surface area contributed by atoms with Crippen LogP contribution < -0.4 is 4.90 Å². The summed E-state index contributed by atoms with van der Waals surface area (Å²) in [5.74, 6) is -0.537. The van der Waals surface area contributed by atoms with E-state index in [1.165, 1.54) is 12.1 Å². The molecule has 2 saturated heterocycles. The summed E-state index contributed by atoms with van der Waals surface area (Å²) in [6.45, 7) is 5.77. The molecule has 1 amide bonds. The number of nitrogens with zero attached hydrogens (tertiary/aromatic N) is 5. The van der Waals surface area contributed by atoms with Crippen molar-refractivity contribution in [3.8, 4) is 0 Å². The number of halogens is 2. The number of amides is 1. The summed E-state index contributed by atoms with van der Waals surface area (Å²) in [5, 5.41) is 20.5. The largest absolute Gasteiger partial charge is 0.384 e.